The average Bonchev–Trinajstić information content (AvgIpc) is 2.32. The van der Waals surface area contributed by atoms with E-state index < -0.39 is 5.91 Å². The summed E-state index contributed by atoms with van der Waals surface area (Å²) in [7, 11) is 0. The lowest BCUT2D eigenvalue weighted by molar-refractivity contribution is 0.102. The first kappa shape index (κ1) is 13.7. The van der Waals surface area contributed by atoms with Crippen LogP contribution in [0, 0.1) is 6.92 Å². The van der Waals surface area contributed by atoms with Gasteiger partial charge >= 0.3 is 0 Å². The van der Waals surface area contributed by atoms with Crippen LogP contribution in [0.2, 0.25) is 10.0 Å². The Hall–Kier alpha value is -1.71. The summed E-state index contributed by atoms with van der Waals surface area (Å²) < 4.78 is 0. The number of hydrogen-bond donors (Lipinski definition) is 2. The highest BCUT2D eigenvalue weighted by Crippen LogP contribution is 2.27. The fourth-order valence-electron chi connectivity index (χ4n) is 1.72. The molecule has 0 unspecified atom stereocenters. The number of carbonyl (C=O) groups excluding carboxylic acids is 1. The van der Waals surface area contributed by atoms with Crippen molar-refractivity contribution >= 4 is 34.8 Å². The minimum atomic E-state index is -0.417. The van der Waals surface area contributed by atoms with Crippen LogP contribution in [0.1, 0.15) is 15.9 Å². The van der Waals surface area contributed by atoms with Gasteiger partial charge in [0, 0.05) is 5.02 Å². The molecule has 2 N–H and O–H groups in total. The number of nitrogens with one attached hydrogen (secondary N) is 1. The third-order valence-electron chi connectivity index (χ3n) is 2.66. The van der Waals surface area contributed by atoms with E-state index in [1.807, 2.05) is 0 Å². The Morgan fingerprint density at radius 3 is 2.58 bits per heavy atom. The van der Waals surface area contributed by atoms with Crippen LogP contribution >= 0.6 is 23.2 Å². The maximum Gasteiger partial charge on any atom is 0.259 e. The summed E-state index contributed by atoms with van der Waals surface area (Å²) in [6.07, 6.45) is 0. The van der Waals surface area contributed by atoms with Gasteiger partial charge in [0.05, 0.1) is 16.3 Å². The molecular formula is C14H11Cl2NO2. The van der Waals surface area contributed by atoms with E-state index in [1.54, 1.807) is 31.2 Å². The van der Waals surface area contributed by atoms with Gasteiger partial charge < -0.3 is 10.4 Å². The Kier molecular flexibility index (Phi) is 3.98. The highest BCUT2D eigenvalue weighted by molar-refractivity contribution is 6.36. The zero-order valence-corrected chi connectivity index (χ0v) is 11.6. The molecule has 0 atom stereocenters. The first-order chi connectivity index (χ1) is 8.99. The van der Waals surface area contributed by atoms with Gasteiger partial charge in [0.25, 0.3) is 5.91 Å². The first-order valence-electron chi connectivity index (χ1n) is 5.54. The number of carbonyl (C=O) groups is 1. The van der Waals surface area contributed by atoms with Crippen LogP contribution in [0.3, 0.4) is 0 Å². The SMILES string of the molecule is Cc1cccc(O)c1C(=O)Nc1ccc(Cl)cc1Cl. The van der Waals surface area contributed by atoms with Gasteiger partial charge in [0.1, 0.15) is 5.75 Å². The number of rotatable bonds is 2. The average molecular weight is 296 g/mol. The lowest BCUT2D eigenvalue weighted by atomic mass is 10.1. The Labute approximate surface area is 120 Å². The number of aryl methyl sites for hydroxylation is 1. The topological polar surface area (TPSA) is 49.3 Å². The minimum absolute atomic E-state index is 0.0671. The normalized spacial score (nSPS) is 10.3. The van der Waals surface area contributed by atoms with Crippen molar-refractivity contribution in [2.75, 3.05) is 5.32 Å². The zero-order valence-electron chi connectivity index (χ0n) is 10.1. The largest absolute Gasteiger partial charge is 0.507 e. The number of phenols is 1. The van der Waals surface area contributed by atoms with Crippen molar-refractivity contribution in [1.29, 1.82) is 0 Å². The Morgan fingerprint density at radius 2 is 1.95 bits per heavy atom. The van der Waals surface area contributed by atoms with Crippen molar-refractivity contribution in [1.82, 2.24) is 0 Å². The van der Waals surface area contributed by atoms with Crippen molar-refractivity contribution in [2.24, 2.45) is 0 Å². The lowest BCUT2D eigenvalue weighted by Gasteiger charge is -2.10. The molecule has 5 heteroatoms. The number of phenolic OH excluding ortho intramolecular Hbond substituents is 1. The van der Waals surface area contributed by atoms with Crippen LogP contribution in [-0.4, -0.2) is 11.0 Å². The Bertz CT molecular complexity index is 621. The molecular weight excluding hydrogens is 285 g/mol. The molecule has 19 heavy (non-hydrogen) atoms. The summed E-state index contributed by atoms with van der Waals surface area (Å²) in [6, 6.07) is 9.66. The number of halogens is 2. The minimum Gasteiger partial charge on any atom is -0.507 e. The predicted octanol–water partition coefficient (Wildman–Crippen LogP) is 4.26. The molecule has 0 aliphatic heterocycles. The summed E-state index contributed by atoms with van der Waals surface area (Å²) in [4.78, 5) is 12.1. The van der Waals surface area contributed by atoms with Crippen LogP contribution in [0.15, 0.2) is 36.4 Å². The number of benzene rings is 2. The fraction of sp³-hybridized carbons (Fsp3) is 0.0714. The molecule has 0 fully saturated rings. The summed E-state index contributed by atoms with van der Waals surface area (Å²) >= 11 is 11.8. The van der Waals surface area contributed by atoms with E-state index in [-0.39, 0.29) is 11.3 Å². The molecule has 2 aromatic carbocycles. The molecule has 0 heterocycles. The summed E-state index contributed by atoms with van der Waals surface area (Å²) in [5, 5.41) is 13.2. The number of aromatic hydroxyl groups is 1. The second kappa shape index (κ2) is 5.51. The molecule has 0 aliphatic rings. The van der Waals surface area contributed by atoms with E-state index in [0.29, 0.717) is 21.3 Å². The van der Waals surface area contributed by atoms with E-state index in [9.17, 15) is 9.90 Å². The van der Waals surface area contributed by atoms with E-state index in [4.69, 9.17) is 23.2 Å². The van der Waals surface area contributed by atoms with Gasteiger partial charge in [-0.3, -0.25) is 4.79 Å². The monoisotopic (exact) mass is 295 g/mol. The zero-order chi connectivity index (χ0) is 14.0. The molecule has 0 aliphatic carbocycles. The van der Waals surface area contributed by atoms with Crippen LogP contribution in [0.25, 0.3) is 0 Å². The second-order valence-electron chi connectivity index (χ2n) is 4.05. The molecule has 0 saturated carbocycles. The van der Waals surface area contributed by atoms with E-state index >= 15 is 0 Å². The lowest BCUT2D eigenvalue weighted by Crippen LogP contribution is -2.13. The highest BCUT2D eigenvalue weighted by atomic mass is 35.5. The van der Waals surface area contributed by atoms with E-state index in [0.717, 1.165) is 0 Å². The third kappa shape index (κ3) is 3.00. The standard InChI is InChI=1S/C14H11Cl2NO2/c1-8-3-2-4-12(18)13(8)14(19)17-11-6-5-9(15)7-10(11)16/h2-7,18H,1H3,(H,17,19). The molecule has 1 amide bonds. The number of anilines is 1. The van der Waals surface area contributed by atoms with Crippen molar-refractivity contribution in [2.45, 2.75) is 6.92 Å². The van der Waals surface area contributed by atoms with Crippen molar-refractivity contribution in [3.05, 3.63) is 57.6 Å². The molecule has 98 valence electrons. The smallest absolute Gasteiger partial charge is 0.259 e. The molecule has 0 spiro atoms. The summed E-state index contributed by atoms with van der Waals surface area (Å²) in [5.74, 6) is -0.484. The fourth-order valence-corrected chi connectivity index (χ4v) is 2.18. The third-order valence-corrected chi connectivity index (χ3v) is 3.20. The van der Waals surface area contributed by atoms with Gasteiger partial charge in [-0.25, -0.2) is 0 Å². The maximum atomic E-state index is 12.1. The molecule has 0 bridgehead atoms. The van der Waals surface area contributed by atoms with Gasteiger partial charge in [-0.1, -0.05) is 35.3 Å². The molecule has 0 saturated heterocycles. The van der Waals surface area contributed by atoms with Crippen LogP contribution in [0.5, 0.6) is 5.75 Å². The number of hydrogen-bond acceptors (Lipinski definition) is 2. The second-order valence-corrected chi connectivity index (χ2v) is 4.89. The molecule has 2 aromatic rings. The summed E-state index contributed by atoms with van der Waals surface area (Å²) in [6.45, 7) is 1.75. The van der Waals surface area contributed by atoms with Gasteiger partial charge in [-0.2, -0.15) is 0 Å². The molecule has 3 nitrogen and oxygen atoms in total. The van der Waals surface area contributed by atoms with Crippen molar-refractivity contribution < 1.29 is 9.90 Å². The molecule has 0 aromatic heterocycles. The molecule has 2 rings (SSSR count). The van der Waals surface area contributed by atoms with Gasteiger partial charge in [0.15, 0.2) is 0 Å². The quantitative estimate of drug-likeness (QED) is 0.870. The van der Waals surface area contributed by atoms with Crippen molar-refractivity contribution in [3.8, 4) is 5.75 Å². The predicted molar refractivity (Wildman–Crippen MR) is 77.3 cm³/mol. The molecule has 0 radical (unpaired) electrons. The summed E-state index contributed by atoms with van der Waals surface area (Å²) in [5.41, 5.74) is 1.36. The Balaban J connectivity index is 2.31. The Morgan fingerprint density at radius 1 is 1.21 bits per heavy atom. The van der Waals surface area contributed by atoms with Gasteiger partial charge in [-0.15, -0.1) is 0 Å². The number of amides is 1. The van der Waals surface area contributed by atoms with Crippen molar-refractivity contribution in [3.63, 3.8) is 0 Å². The van der Waals surface area contributed by atoms with E-state index in [2.05, 4.69) is 5.32 Å². The van der Waals surface area contributed by atoms with Gasteiger partial charge in [-0.05, 0) is 36.8 Å². The van der Waals surface area contributed by atoms with E-state index in [1.165, 1.54) is 12.1 Å². The van der Waals surface area contributed by atoms with Crippen LogP contribution in [-0.2, 0) is 0 Å². The first-order valence-corrected chi connectivity index (χ1v) is 6.29. The van der Waals surface area contributed by atoms with Gasteiger partial charge in [0.2, 0.25) is 0 Å². The maximum absolute atomic E-state index is 12.1. The highest BCUT2D eigenvalue weighted by Gasteiger charge is 2.15. The van der Waals surface area contributed by atoms with Crippen LogP contribution < -0.4 is 5.32 Å². The van der Waals surface area contributed by atoms with Crippen LogP contribution in [0.4, 0.5) is 5.69 Å².